The van der Waals surface area contributed by atoms with Crippen molar-refractivity contribution in [1.82, 2.24) is 10.2 Å². The first-order valence-electron chi connectivity index (χ1n) is 3.49. The summed E-state index contributed by atoms with van der Waals surface area (Å²) in [5.74, 6) is 1.79. The Morgan fingerprint density at radius 2 is 2.33 bits per heavy atom. The van der Waals surface area contributed by atoms with Gasteiger partial charge in [0.15, 0.2) is 0 Å². The summed E-state index contributed by atoms with van der Waals surface area (Å²) in [6.45, 7) is 0.254. The van der Waals surface area contributed by atoms with E-state index in [1.54, 1.807) is 11.8 Å². The summed E-state index contributed by atoms with van der Waals surface area (Å²) in [4.78, 5) is 0. The van der Waals surface area contributed by atoms with Gasteiger partial charge < -0.3 is 5.11 Å². The second-order valence-corrected chi connectivity index (χ2v) is 4.83. The van der Waals surface area contributed by atoms with Crippen LogP contribution >= 0.6 is 34.7 Å². The van der Waals surface area contributed by atoms with E-state index in [2.05, 4.69) is 10.2 Å². The van der Waals surface area contributed by atoms with Gasteiger partial charge in [-0.3, -0.25) is 0 Å². The molecule has 0 unspecified atom stereocenters. The lowest BCUT2D eigenvalue weighted by molar-refractivity contribution is 0.296. The molecule has 1 N–H and O–H groups in total. The summed E-state index contributed by atoms with van der Waals surface area (Å²) < 4.78 is 0.493. The number of aromatic nitrogens is 2. The van der Waals surface area contributed by atoms with Gasteiger partial charge in [-0.2, -0.15) is 11.8 Å². The van der Waals surface area contributed by atoms with Crippen molar-refractivity contribution in [2.45, 2.75) is 12.2 Å². The molecule has 6 heteroatoms. The topological polar surface area (TPSA) is 46.0 Å². The second-order valence-electron chi connectivity index (χ2n) is 2.08. The molecule has 0 bridgehead atoms. The van der Waals surface area contributed by atoms with Gasteiger partial charge >= 0.3 is 0 Å². The van der Waals surface area contributed by atoms with Crippen molar-refractivity contribution in [2.75, 3.05) is 12.4 Å². The lowest BCUT2D eigenvalue weighted by atomic mass is 10.5. The van der Waals surface area contributed by atoms with Gasteiger partial charge in [-0.1, -0.05) is 11.3 Å². The van der Waals surface area contributed by atoms with Gasteiger partial charge in [-0.15, -0.1) is 10.2 Å². The first kappa shape index (κ1) is 10.2. The van der Waals surface area contributed by atoms with Crippen LogP contribution in [0.4, 0.5) is 0 Å². The normalized spacial score (nSPS) is 10.5. The number of hydrogen-bond donors (Lipinski definition) is 1. The highest BCUT2D eigenvalue weighted by molar-refractivity contribution is 7.98. The molecule has 0 radical (unpaired) electrons. The van der Waals surface area contributed by atoms with Crippen LogP contribution in [0.25, 0.3) is 0 Å². The Balaban J connectivity index is 2.15. The number of nitrogens with zero attached hydrogens (tertiary/aromatic N) is 2. The highest BCUT2D eigenvalue weighted by Gasteiger charge is 2.00. The molecule has 1 rings (SSSR count). The van der Waals surface area contributed by atoms with E-state index in [0.29, 0.717) is 4.47 Å². The molecule has 1 aromatic heterocycles. The Hall–Kier alpha value is 0.160. The summed E-state index contributed by atoms with van der Waals surface area (Å²) in [5, 5.41) is 17.0. The zero-order chi connectivity index (χ0) is 8.81. The molecule has 0 amide bonds. The molecule has 0 saturated carbocycles. The number of thioether (sulfide) groups is 1. The van der Waals surface area contributed by atoms with E-state index in [9.17, 15) is 0 Å². The molecule has 3 nitrogen and oxygen atoms in total. The second kappa shape index (κ2) is 5.75. The van der Waals surface area contributed by atoms with Crippen LogP contribution in [0.3, 0.4) is 0 Å². The molecule has 1 aromatic rings. The monoisotopic (exact) mass is 224 g/mol. The molecule has 0 fully saturated rings. The smallest absolute Gasteiger partial charge is 0.207 e. The van der Waals surface area contributed by atoms with Crippen LogP contribution in [0.15, 0.2) is 0 Å². The van der Waals surface area contributed by atoms with Crippen LogP contribution < -0.4 is 0 Å². The van der Waals surface area contributed by atoms with Gasteiger partial charge in [-0.25, -0.2) is 0 Å². The molecule has 0 aliphatic heterocycles. The zero-order valence-corrected chi connectivity index (χ0v) is 8.75. The van der Waals surface area contributed by atoms with Crippen LogP contribution in [0, 0.1) is 0 Å². The Morgan fingerprint density at radius 3 is 2.92 bits per heavy atom. The molecule has 1 heterocycles. The maximum atomic E-state index is 8.51. The number of halogens is 1. The zero-order valence-electron chi connectivity index (χ0n) is 6.36. The van der Waals surface area contributed by atoms with E-state index in [1.807, 2.05) is 0 Å². The quantitative estimate of drug-likeness (QED) is 0.775. The van der Waals surface area contributed by atoms with Crippen molar-refractivity contribution in [2.24, 2.45) is 0 Å². The fraction of sp³-hybridized carbons (Fsp3) is 0.667. The summed E-state index contributed by atoms with van der Waals surface area (Å²) in [5.41, 5.74) is 0. The minimum Gasteiger partial charge on any atom is -0.396 e. The molecule has 12 heavy (non-hydrogen) atoms. The number of aliphatic hydroxyl groups is 1. The lowest BCUT2D eigenvalue weighted by Gasteiger charge is -1.94. The average molecular weight is 225 g/mol. The first-order valence-corrected chi connectivity index (χ1v) is 5.84. The Morgan fingerprint density at radius 1 is 1.50 bits per heavy atom. The summed E-state index contributed by atoms with van der Waals surface area (Å²) >= 11 is 8.74. The first-order chi connectivity index (χ1) is 5.83. The standard InChI is InChI=1S/C6H9ClN2OS2/c7-6-9-8-5(12-6)4-11-3-1-2-10/h10H,1-4H2. The molecular weight excluding hydrogens is 216 g/mol. The third-order valence-electron chi connectivity index (χ3n) is 1.11. The van der Waals surface area contributed by atoms with Gasteiger partial charge in [0.05, 0.1) is 0 Å². The molecule has 0 aliphatic carbocycles. The highest BCUT2D eigenvalue weighted by atomic mass is 35.5. The Kier molecular flexibility index (Phi) is 4.90. The van der Waals surface area contributed by atoms with Gasteiger partial charge in [-0.05, 0) is 23.8 Å². The van der Waals surface area contributed by atoms with Crippen molar-refractivity contribution in [3.63, 3.8) is 0 Å². The van der Waals surface area contributed by atoms with E-state index < -0.39 is 0 Å². The fourth-order valence-corrected chi connectivity index (χ4v) is 2.48. The number of rotatable bonds is 5. The molecule has 68 valence electrons. The average Bonchev–Trinajstić information content (AvgIpc) is 2.45. The number of hydrogen-bond acceptors (Lipinski definition) is 5. The molecule has 0 atom stereocenters. The van der Waals surface area contributed by atoms with Gasteiger partial charge in [0, 0.05) is 12.4 Å². The third-order valence-corrected chi connectivity index (χ3v) is 3.37. The molecular formula is C6H9ClN2OS2. The summed E-state index contributed by atoms with van der Waals surface area (Å²) in [6, 6.07) is 0. The van der Waals surface area contributed by atoms with Crippen LogP contribution in [0.5, 0.6) is 0 Å². The predicted octanol–water partition coefficient (Wildman–Crippen LogP) is 1.81. The summed E-state index contributed by atoms with van der Waals surface area (Å²) in [6.07, 6.45) is 0.831. The minimum atomic E-state index is 0.254. The van der Waals surface area contributed by atoms with Crippen LogP contribution in [-0.2, 0) is 5.75 Å². The molecule has 0 aliphatic rings. The van der Waals surface area contributed by atoms with Crippen LogP contribution in [0.1, 0.15) is 11.4 Å². The maximum absolute atomic E-state index is 8.51. The lowest BCUT2D eigenvalue weighted by Crippen LogP contribution is -1.86. The van der Waals surface area contributed by atoms with E-state index >= 15 is 0 Å². The van der Waals surface area contributed by atoms with Gasteiger partial charge in [0.2, 0.25) is 4.47 Å². The summed E-state index contributed by atoms with van der Waals surface area (Å²) in [7, 11) is 0. The van der Waals surface area contributed by atoms with Gasteiger partial charge in [0.25, 0.3) is 0 Å². The largest absolute Gasteiger partial charge is 0.396 e. The van der Waals surface area contributed by atoms with Crippen molar-refractivity contribution in [3.05, 3.63) is 9.47 Å². The van der Waals surface area contributed by atoms with Crippen molar-refractivity contribution >= 4 is 34.7 Å². The third kappa shape index (κ3) is 3.71. The van der Waals surface area contributed by atoms with E-state index in [1.165, 1.54) is 11.3 Å². The Labute approximate surface area is 84.2 Å². The van der Waals surface area contributed by atoms with E-state index in [-0.39, 0.29) is 6.61 Å². The maximum Gasteiger partial charge on any atom is 0.207 e. The fourth-order valence-electron chi connectivity index (χ4n) is 0.618. The van der Waals surface area contributed by atoms with Crippen molar-refractivity contribution < 1.29 is 5.11 Å². The van der Waals surface area contributed by atoms with Crippen molar-refractivity contribution in [3.8, 4) is 0 Å². The van der Waals surface area contributed by atoms with E-state index in [0.717, 1.165) is 22.9 Å². The van der Waals surface area contributed by atoms with E-state index in [4.69, 9.17) is 16.7 Å². The SMILES string of the molecule is OCCCSCc1nnc(Cl)s1. The van der Waals surface area contributed by atoms with Gasteiger partial charge in [0.1, 0.15) is 5.01 Å². The predicted molar refractivity (Wildman–Crippen MR) is 52.8 cm³/mol. The van der Waals surface area contributed by atoms with Crippen LogP contribution in [-0.4, -0.2) is 27.7 Å². The van der Waals surface area contributed by atoms with Crippen LogP contribution in [0.2, 0.25) is 4.47 Å². The number of aliphatic hydroxyl groups excluding tert-OH is 1. The minimum absolute atomic E-state index is 0.254. The molecule has 0 spiro atoms. The molecule has 0 saturated heterocycles. The van der Waals surface area contributed by atoms with Crippen molar-refractivity contribution in [1.29, 1.82) is 0 Å². The molecule has 0 aromatic carbocycles. The Bertz CT molecular complexity index is 231. The highest BCUT2D eigenvalue weighted by Crippen LogP contribution is 2.19.